The number of aryl methyl sites for hydroxylation is 2. The summed E-state index contributed by atoms with van der Waals surface area (Å²) in [4.78, 5) is 4.14. The molecule has 0 aliphatic heterocycles. The van der Waals surface area contributed by atoms with E-state index in [2.05, 4.69) is 15.2 Å². The lowest BCUT2D eigenvalue weighted by Gasteiger charge is -1.94. The van der Waals surface area contributed by atoms with Gasteiger partial charge in [0, 0.05) is 0 Å². The number of aromatic nitrogens is 4. The number of rotatable bonds is 0. The van der Waals surface area contributed by atoms with E-state index in [4.69, 9.17) is 0 Å². The Morgan fingerprint density at radius 2 is 1.47 bits per heavy atom. The third-order valence-corrected chi connectivity index (χ3v) is 1.73. The van der Waals surface area contributed by atoms with E-state index in [1.165, 1.54) is 0 Å². The van der Waals surface area contributed by atoms with E-state index < -0.39 is 0 Å². The van der Waals surface area contributed by atoms with Crippen LogP contribution < -0.4 is 0 Å². The summed E-state index contributed by atoms with van der Waals surface area (Å²) in [6.45, 7) is 15.9. The molecule has 0 bridgehead atoms. The Hall–Kier alpha value is -1.45. The summed E-state index contributed by atoms with van der Waals surface area (Å²) in [5.41, 5.74) is 1.94. The lowest BCUT2D eigenvalue weighted by atomic mass is 10.4. The fourth-order valence-electron chi connectivity index (χ4n) is 1.08. The summed E-state index contributed by atoms with van der Waals surface area (Å²) in [6, 6.07) is 0. The van der Waals surface area contributed by atoms with Crippen molar-refractivity contribution in [2.75, 3.05) is 0 Å². The Balaban J connectivity index is 0. The van der Waals surface area contributed by atoms with Crippen molar-refractivity contribution < 1.29 is 0 Å². The van der Waals surface area contributed by atoms with Crippen LogP contribution in [0.4, 0.5) is 0 Å². The van der Waals surface area contributed by atoms with Crippen molar-refractivity contribution in [2.24, 2.45) is 0 Å². The normalized spacial score (nSPS) is 8.00. The molecule has 0 N–H and O–H groups in total. The van der Waals surface area contributed by atoms with Crippen LogP contribution in [0.15, 0.2) is 12.5 Å². The summed E-state index contributed by atoms with van der Waals surface area (Å²) < 4.78 is 1.92. The molecule has 0 aromatic carbocycles. The van der Waals surface area contributed by atoms with E-state index >= 15 is 0 Å². The third-order valence-electron chi connectivity index (χ3n) is 1.73. The highest BCUT2D eigenvalue weighted by atomic mass is 15.2. The molecular formula is C13H26N4. The van der Waals surface area contributed by atoms with Crippen molar-refractivity contribution in [3.8, 4) is 0 Å². The van der Waals surface area contributed by atoms with Gasteiger partial charge >= 0.3 is 0 Å². The number of nitrogens with zero attached hydrogens (tertiary/aromatic N) is 4. The first-order chi connectivity index (χ1) is 8.29. The highest BCUT2D eigenvalue weighted by Crippen LogP contribution is 2.06. The van der Waals surface area contributed by atoms with Crippen molar-refractivity contribution in [3.63, 3.8) is 0 Å². The molecular weight excluding hydrogens is 212 g/mol. The van der Waals surface area contributed by atoms with Crippen LogP contribution in [-0.4, -0.2) is 19.6 Å². The zero-order chi connectivity index (χ0) is 13.8. The molecule has 2 heterocycles. The number of fused-ring (bicyclic) bond motifs is 1. The van der Waals surface area contributed by atoms with Crippen LogP contribution in [-0.2, 0) is 0 Å². The maximum absolute atomic E-state index is 4.14. The zero-order valence-corrected chi connectivity index (χ0v) is 12.4. The van der Waals surface area contributed by atoms with Gasteiger partial charge in [-0.1, -0.05) is 41.5 Å². The Morgan fingerprint density at radius 1 is 0.941 bits per heavy atom. The summed E-state index contributed by atoms with van der Waals surface area (Å²) >= 11 is 0. The van der Waals surface area contributed by atoms with Crippen molar-refractivity contribution in [3.05, 3.63) is 24.0 Å². The van der Waals surface area contributed by atoms with E-state index in [9.17, 15) is 0 Å². The van der Waals surface area contributed by atoms with E-state index in [0.29, 0.717) is 0 Å². The van der Waals surface area contributed by atoms with Crippen LogP contribution >= 0.6 is 0 Å². The summed E-state index contributed by atoms with van der Waals surface area (Å²) in [5, 5.41) is 7.73. The van der Waals surface area contributed by atoms with Crippen molar-refractivity contribution in [1.29, 1.82) is 0 Å². The Labute approximate surface area is 105 Å². The summed E-state index contributed by atoms with van der Waals surface area (Å²) in [5.74, 6) is 0.943. The molecule has 0 unspecified atom stereocenters. The minimum Gasteiger partial charge on any atom is -0.284 e. The SMILES string of the molecule is CC.CC.CC.Cc1nncn2c(C)ncc12. The van der Waals surface area contributed by atoms with Gasteiger partial charge in [-0.3, -0.25) is 4.40 Å². The minimum absolute atomic E-state index is 0.910. The topological polar surface area (TPSA) is 43.1 Å². The standard InChI is InChI=1S/C7H8N4.3C2H6/c1-5-7-3-8-6(2)11(7)4-9-10-5;3*1-2/h3-4H,1-2H3;3*1-2H3. The number of hydrogen-bond donors (Lipinski definition) is 0. The quantitative estimate of drug-likeness (QED) is 0.700. The van der Waals surface area contributed by atoms with E-state index in [0.717, 1.165) is 17.0 Å². The molecule has 0 aliphatic rings. The first kappa shape index (κ1) is 17.9. The van der Waals surface area contributed by atoms with Gasteiger partial charge in [-0.2, -0.15) is 5.10 Å². The average Bonchev–Trinajstić information content (AvgIpc) is 2.80. The molecule has 0 amide bonds. The van der Waals surface area contributed by atoms with Crippen molar-refractivity contribution >= 4 is 5.52 Å². The van der Waals surface area contributed by atoms with Gasteiger partial charge in [-0.25, -0.2) is 4.98 Å². The minimum atomic E-state index is 0.910. The molecule has 4 nitrogen and oxygen atoms in total. The van der Waals surface area contributed by atoms with Gasteiger partial charge in [0.05, 0.1) is 17.4 Å². The maximum atomic E-state index is 4.14. The Kier molecular flexibility index (Phi) is 11.7. The van der Waals surface area contributed by atoms with Crippen molar-refractivity contribution in [2.45, 2.75) is 55.4 Å². The second kappa shape index (κ2) is 11.0. The predicted molar refractivity (Wildman–Crippen MR) is 74.3 cm³/mol. The first-order valence-corrected chi connectivity index (χ1v) is 6.41. The lowest BCUT2D eigenvalue weighted by molar-refractivity contribution is 0.892. The molecule has 0 fully saturated rings. The molecule has 0 saturated carbocycles. The van der Waals surface area contributed by atoms with Gasteiger partial charge in [-0.05, 0) is 13.8 Å². The third kappa shape index (κ3) is 4.93. The van der Waals surface area contributed by atoms with Crippen LogP contribution in [0.25, 0.3) is 5.52 Å². The molecule has 2 rings (SSSR count). The fourth-order valence-corrected chi connectivity index (χ4v) is 1.08. The highest BCUT2D eigenvalue weighted by molar-refractivity contribution is 5.48. The lowest BCUT2D eigenvalue weighted by Crippen LogP contribution is -1.94. The molecule has 98 valence electrons. The number of hydrogen-bond acceptors (Lipinski definition) is 3. The molecule has 17 heavy (non-hydrogen) atoms. The van der Waals surface area contributed by atoms with E-state index in [1.54, 1.807) is 12.5 Å². The molecule has 0 spiro atoms. The monoisotopic (exact) mass is 238 g/mol. The smallest absolute Gasteiger partial charge is 0.124 e. The molecule has 0 radical (unpaired) electrons. The van der Waals surface area contributed by atoms with Gasteiger partial charge in [0.15, 0.2) is 0 Å². The second-order valence-electron chi connectivity index (χ2n) is 2.48. The van der Waals surface area contributed by atoms with Crippen LogP contribution in [0.5, 0.6) is 0 Å². The summed E-state index contributed by atoms with van der Waals surface area (Å²) in [7, 11) is 0. The predicted octanol–water partition coefficient (Wildman–Crippen LogP) is 3.82. The van der Waals surface area contributed by atoms with Crippen LogP contribution in [0.2, 0.25) is 0 Å². The van der Waals surface area contributed by atoms with Gasteiger partial charge in [0.25, 0.3) is 0 Å². The van der Waals surface area contributed by atoms with Crippen LogP contribution in [0.3, 0.4) is 0 Å². The average molecular weight is 238 g/mol. The van der Waals surface area contributed by atoms with Crippen LogP contribution in [0, 0.1) is 13.8 Å². The van der Waals surface area contributed by atoms with Gasteiger partial charge in [0.2, 0.25) is 0 Å². The largest absolute Gasteiger partial charge is 0.284 e. The van der Waals surface area contributed by atoms with Gasteiger partial charge in [-0.15, -0.1) is 5.10 Å². The Bertz CT molecular complexity index is 393. The van der Waals surface area contributed by atoms with E-state index in [1.807, 2.05) is 59.8 Å². The second-order valence-corrected chi connectivity index (χ2v) is 2.48. The first-order valence-electron chi connectivity index (χ1n) is 6.41. The highest BCUT2D eigenvalue weighted by Gasteiger charge is 2.00. The number of imidazole rings is 1. The molecule has 2 aromatic heterocycles. The van der Waals surface area contributed by atoms with Crippen molar-refractivity contribution in [1.82, 2.24) is 19.6 Å². The summed E-state index contributed by atoms with van der Waals surface area (Å²) in [6.07, 6.45) is 3.48. The van der Waals surface area contributed by atoms with Gasteiger partial charge in [0.1, 0.15) is 12.2 Å². The molecule has 0 saturated heterocycles. The van der Waals surface area contributed by atoms with Crippen LogP contribution in [0.1, 0.15) is 53.1 Å². The maximum Gasteiger partial charge on any atom is 0.124 e. The van der Waals surface area contributed by atoms with E-state index in [-0.39, 0.29) is 0 Å². The zero-order valence-electron chi connectivity index (χ0n) is 12.4. The molecule has 0 aliphatic carbocycles. The molecule has 2 aromatic rings. The Morgan fingerprint density at radius 3 is 1.94 bits per heavy atom. The molecule has 0 atom stereocenters. The molecule has 4 heteroatoms. The fraction of sp³-hybridized carbons (Fsp3) is 0.615. The van der Waals surface area contributed by atoms with Gasteiger partial charge < -0.3 is 0 Å².